The van der Waals surface area contributed by atoms with Crippen molar-refractivity contribution in [2.24, 2.45) is 11.1 Å². The first-order chi connectivity index (χ1) is 8.52. The fourth-order valence-electron chi connectivity index (χ4n) is 3.22. The van der Waals surface area contributed by atoms with E-state index in [1.165, 1.54) is 36.8 Å². The molecular weight excluding hydrogens is 218 g/mol. The normalized spacial score (nSPS) is 24.8. The van der Waals surface area contributed by atoms with Gasteiger partial charge in [-0.05, 0) is 54.2 Å². The van der Waals surface area contributed by atoms with Crippen LogP contribution in [0.5, 0.6) is 0 Å². The summed E-state index contributed by atoms with van der Waals surface area (Å²) < 4.78 is 0. The second kappa shape index (κ2) is 5.44. The van der Waals surface area contributed by atoms with Crippen LogP contribution in [0, 0.1) is 5.41 Å². The summed E-state index contributed by atoms with van der Waals surface area (Å²) in [5.74, 6) is 1.23. The Bertz CT molecular complexity index is 377. The lowest BCUT2D eigenvalue weighted by Gasteiger charge is -2.35. The van der Waals surface area contributed by atoms with E-state index in [-0.39, 0.29) is 0 Å². The minimum atomic E-state index is 0.474. The van der Waals surface area contributed by atoms with Gasteiger partial charge in [0.15, 0.2) is 0 Å². The zero-order valence-corrected chi connectivity index (χ0v) is 12.1. The lowest BCUT2D eigenvalue weighted by Crippen LogP contribution is -2.21. The van der Waals surface area contributed by atoms with Gasteiger partial charge in [0.05, 0.1) is 0 Å². The van der Waals surface area contributed by atoms with Crippen molar-refractivity contribution in [1.29, 1.82) is 0 Å². The van der Waals surface area contributed by atoms with Gasteiger partial charge in [0, 0.05) is 0 Å². The van der Waals surface area contributed by atoms with Crippen LogP contribution in [0.25, 0.3) is 0 Å². The van der Waals surface area contributed by atoms with Crippen LogP contribution in [0.15, 0.2) is 24.3 Å². The summed E-state index contributed by atoms with van der Waals surface area (Å²) in [7, 11) is 0. The number of benzene rings is 1. The van der Waals surface area contributed by atoms with Crippen LogP contribution < -0.4 is 5.73 Å². The maximum atomic E-state index is 5.72. The average molecular weight is 245 g/mol. The third kappa shape index (κ3) is 3.14. The molecule has 1 aliphatic carbocycles. The van der Waals surface area contributed by atoms with E-state index in [4.69, 9.17) is 5.73 Å². The summed E-state index contributed by atoms with van der Waals surface area (Å²) in [6, 6.07) is 9.20. The minimum Gasteiger partial charge on any atom is -0.330 e. The number of rotatable bonds is 3. The Hall–Kier alpha value is -0.820. The molecule has 1 saturated carbocycles. The molecular formula is C17H27N. The van der Waals surface area contributed by atoms with Crippen molar-refractivity contribution >= 4 is 0 Å². The van der Waals surface area contributed by atoms with Gasteiger partial charge in [0.25, 0.3) is 0 Å². The second-order valence-corrected chi connectivity index (χ2v) is 6.76. The predicted molar refractivity (Wildman–Crippen MR) is 78.9 cm³/mol. The molecule has 1 aliphatic rings. The van der Waals surface area contributed by atoms with Gasteiger partial charge in [0.1, 0.15) is 0 Å². The number of hydrogen-bond acceptors (Lipinski definition) is 1. The van der Waals surface area contributed by atoms with Crippen molar-refractivity contribution < 1.29 is 0 Å². The molecule has 2 rings (SSSR count). The Balaban J connectivity index is 2.09. The van der Waals surface area contributed by atoms with E-state index in [0.717, 1.165) is 12.5 Å². The summed E-state index contributed by atoms with van der Waals surface area (Å²) in [6.45, 7) is 7.74. The fraction of sp³-hybridized carbons (Fsp3) is 0.647. The quantitative estimate of drug-likeness (QED) is 0.837. The minimum absolute atomic E-state index is 0.474. The van der Waals surface area contributed by atoms with Crippen molar-refractivity contribution in [3.63, 3.8) is 0 Å². The Morgan fingerprint density at radius 2 is 1.94 bits per heavy atom. The lowest BCUT2D eigenvalue weighted by molar-refractivity contribution is 0.219. The molecule has 0 bridgehead atoms. The van der Waals surface area contributed by atoms with E-state index < -0.39 is 0 Å². The molecule has 0 heterocycles. The highest BCUT2D eigenvalue weighted by molar-refractivity contribution is 5.28. The molecule has 0 saturated heterocycles. The molecule has 1 aromatic carbocycles. The molecule has 1 aromatic rings. The first-order valence-corrected chi connectivity index (χ1v) is 7.32. The van der Waals surface area contributed by atoms with Crippen molar-refractivity contribution in [2.75, 3.05) is 6.54 Å². The first-order valence-electron chi connectivity index (χ1n) is 7.32. The van der Waals surface area contributed by atoms with E-state index in [2.05, 4.69) is 45.0 Å². The van der Waals surface area contributed by atoms with Gasteiger partial charge in [-0.15, -0.1) is 0 Å². The first kappa shape index (κ1) is 13.6. The summed E-state index contributed by atoms with van der Waals surface area (Å²) >= 11 is 0. The Morgan fingerprint density at radius 3 is 2.50 bits per heavy atom. The third-order valence-electron chi connectivity index (χ3n) is 4.54. The highest BCUT2D eigenvalue weighted by atomic mass is 14.5. The fourth-order valence-corrected chi connectivity index (χ4v) is 3.22. The summed E-state index contributed by atoms with van der Waals surface area (Å²) in [4.78, 5) is 0. The van der Waals surface area contributed by atoms with Gasteiger partial charge in [0.2, 0.25) is 0 Å². The molecule has 1 nitrogen and oxygen atoms in total. The lowest BCUT2D eigenvalue weighted by atomic mass is 9.70. The average Bonchev–Trinajstić information content (AvgIpc) is 2.37. The smallest absolute Gasteiger partial charge is 0.00109 e. The van der Waals surface area contributed by atoms with Crippen molar-refractivity contribution in [3.8, 4) is 0 Å². The summed E-state index contributed by atoms with van der Waals surface area (Å²) in [5.41, 5.74) is 9.14. The van der Waals surface area contributed by atoms with E-state index in [0.29, 0.717) is 11.3 Å². The highest BCUT2D eigenvalue weighted by Gasteiger charge is 2.28. The molecule has 1 heteroatoms. The van der Waals surface area contributed by atoms with E-state index >= 15 is 0 Å². The van der Waals surface area contributed by atoms with Gasteiger partial charge in [-0.25, -0.2) is 0 Å². The zero-order chi connectivity index (χ0) is 13.2. The molecule has 0 aliphatic heterocycles. The van der Waals surface area contributed by atoms with Gasteiger partial charge in [-0.2, -0.15) is 0 Å². The van der Waals surface area contributed by atoms with Crippen LogP contribution >= 0.6 is 0 Å². The van der Waals surface area contributed by atoms with Crippen molar-refractivity contribution in [2.45, 2.75) is 58.3 Å². The van der Waals surface area contributed by atoms with Crippen LogP contribution in [0.3, 0.4) is 0 Å². The van der Waals surface area contributed by atoms with E-state index in [1.807, 2.05) is 0 Å². The number of hydrogen-bond donors (Lipinski definition) is 1. The maximum absolute atomic E-state index is 5.72. The summed E-state index contributed by atoms with van der Waals surface area (Å²) in [5, 5.41) is 0. The highest BCUT2D eigenvalue weighted by Crippen LogP contribution is 2.43. The second-order valence-electron chi connectivity index (χ2n) is 6.76. The molecule has 0 amide bonds. The topological polar surface area (TPSA) is 26.0 Å². The third-order valence-corrected chi connectivity index (χ3v) is 4.54. The standard InChI is InChI=1S/C17H27N/c1-13(12-18)14-6-8-15(9-7-14)16-5-4-10-17(2,3)11-16/h6-9,13,16H,4-5,10-12,18H2,1-3H3. The van der Waals surface area contributed by atoms with Crippen molar-refractivity contribution in [1.82, 2.24) is 0 Å². The van der Waals surface area contributed by atoms with Crippen LogP contribution in [0.4, 0.5) is 0 Å². The molecule has 2 unspecified atom stereocenters. The monoisotopic (exact) mass is 245 g/mol. The molecule has 1 fully saturated rings. The van der Waals surface area contributed by atoms with Crippen LogP contribution in [0.2, 0.25) is 0 Å². The molecule has 0 radical (unpaired) electrons. The SMILES string of the molecule is CC(CN)c1ccc(C2CCCC(C)(C)C2)cc1. The Kier molecular flexibility index (Phi) is 4.11. The van der Waals surface area contributed by atoms with Gasteiger partial charge >= 0.3 is 0 Å². The van der Waals surface area contributed by atoms with Crippen LogP contribution in [-0.2, 0) is 0 Å². The Labute approximate surface area is 112 Å². The summed E-state index contributed by atoms with van der Waals surface area (Å²) in [6.07, 6.45) is 5.44. The molecule has 2 N–H and O–H groups in total. The number of nitrogens with two attached hydrogens (primary N) is 1. The van der Waals surface area contributed by atoms with Crippen LogP contribution in [0.1, 0.15) is 69.4 Å². The largest absolute Gasteiger partial charge is 0.330 e. The maximum Gasteiger partial charge on any atom is -0.00109 e. The van der Waals surface area contributed by atoms with Crippen molar-refractivity contribution in [3.05, 3.63) is 35.4 Å². The van der Waals surface area contributed by atoms with E-state index in [1.54, 1.807) is 0 Å². The van der Waals surface area contributed by atoms with Gasteiger partial charge in [-0.3, -0.25) is 0 Å². The molecule has 100 valence electrons. The van der Waals surface area contributed by atoms with E-state index in [9.17, 15) is 0 Å². The van der Waals surface area contributed by atoms with Crippen LogP contribution in [-0.4, -0.2) is 6.54 Å². The zero-order valence-electron chi connectivity index (χ0n) is 12.1. The molecule has 18 heavy (non-hydrogen) atoms. The molecule has 0 spiro atoms. The van der Waals surface area contributed by atoms with Gasteiger partial charge in [-0.1, -0.05) is 51.5 Å². The molecule has 2 atom stereocenters. The molecule has 0 aromatic heterocycles. The van der Waals surface area contributed by atoms with Gasteiger partial charge < -0.3 is 5.73 Å². The predicted octanol–water partition coefficient (Wildman–Crippen LogP) is 4.43. The Morgan fingerprint density at radius 1 is 1.28 bits per heavy atom.